The van der Waals surface area contributed by atoms with Crippen LogP contribution >= 0.6 is 0 Å². The highest BCUT2D eigenvalue weighted by Crippen LogP contribution is 2.03. The second-order valence-electron chi connectivity index (χ2n) is 3.35. The molecule has 1 radical (unpaired) electrons. The summed E-state index contributed by atoms with van der Waals surface area (Å²) >= 11 is 0. The first kappa shape index (κ1) is 10.3. The van der Waals surface area contributed by atoms with Gasteiger partial charge >= 0.3 is 0 Å². The standard InChI is InChI=1S/C13H19/c1-2-4-6-8-10-12-13-11-9-7-5-3-1/h1-3,6,8-9,11H,4-5,7,10,12-13H2/b3-1+,8-6+,11-9-. The van der Waals surface area contributed by atoms with Gasteiger partial charge in [-0.15, -0.1) is 0 Å². The Hall–Kier alpha value is -0.780. The van der Waals surface area contributed by atoms with Gasteiger partial charge in [0.05, 0.1) is 0 Å². The van der Waals surface area contributed by atoms with E-state index in [1.54, 1.807) is 0 Å². The topological polar surface area (TPSA) is 0 Å². The summed E-state index contributed by atoms with van der Waals surface area (Å²) in [6.07, 6.45) is 23.0. The van der Waals surface area contributed by atoms with E-state index in [-0.39, 0.29) is 0 Å². The van der Waals surface area contributed by atoms with Crippen molar-refractivity contribution in [3.8, 4) is 0 Å². The lowest BCUT2D eigenvalue weighted by Gasteiger charge is -1.89. The monoisotopic (exact) mass is 175 g/mol. The molecule has 0 aromatic rings. The Labute approximate surface area is 82.0 Å². The van der Waals surface area contributed by atoms with Gasteiger partial charge in [0.1, 0.15) is 0 Å². The van der Waals surface area contributed by atoms with Crippen molar-refractivity contribution in [3.63, 3.8) is 0 Å². The minimum atomic E-state index is 1.09. The average molecular weight is 175 g/mol. The van der Waals surface area contributed by atoms with Gasteiger partial charge in [0.15, 0.2) is 0 Å². The maximum atomic E-state index is 2.31. The Bertz CT molecular complexity index is 164. The van der Waals surface area contributed by atoms with Crippen LogP contribution in [0.25, 0.3) is 0 Å². The minimum absolute atomic E-state index is 1.09. The smallest absolute Gasteiger partial charge is 0.0133 e. The predicted octanol–water partition coefficient (Wildman–Crippen LogP) is 4.21. The van der Waals surface area contributed by atoms with E-state index in [0.717, 1.165) is 6.42 Å². The summed E-state index contributed by atoms with van der Waals surface area (Å²) in [4.78, 5) is 0. The summed E-state index contributed by atoms with van der Waals surface area (Å²) in [5.41, 5.74) is 0. The molecule has 0 saturated heterocycles. The molecule has 1 aliphatic rings. The second kappa shape index (κ2) is 7.85. The average Bonchev–Trinajstić information content (AvgIpc) is 2.18. The van der Waals surface area contributed by atoms with Gasteiger partial charge in [-0.05, 0) is 44.9 Å². The van der Waals surface area contributed by atoms with Gasteiger partial charge < -0.3 is 0 Å². The Morgan fingerprint density at radius 2 is 1.31 bits per heavy atom. The van der Waals surface area contributed by atoms with Crippen LogP contribution in [0.3, 0.4) is 0 Å². The zero-order valence-corrected chi connectivity index (χ0v) is 8.28. The lowest BCUT2D eigenvalue weighted by molar-refractivity contribution is 0.861. The fourth-order valence-corrected chi connectivity index (χ4v) is 1.35. The summed E-state index contributed by atoms with van der Waals surface area (Å²) in [5.74, 6) is 0. The van der Waals surface area contributed by atoms with E-state index in [4.69, 9.17) is 0 Å². The molecule has 1 aliphatic carbocycles. The third-order valence-electron chi connectivity index (χ3n) is 2.12. The Morgan fingerprint density at radius 1 is 0.615 bits per heavy atom. The first-order valence-electron chi connectivity index (χ1n) is 5.28. The van der Waals surface area contributed by atoms with Crippen LogP contribution in [0.4, 0.5) is 0 Å². The molecule has 0 saturated carbocycles. The van der Waals surface area contributed by atoms with Crippen molar-refractivity contribution in [3.05, 3.63) is 42.9 Å². The number of rotatable bonds is 0. The van der Waals surface area contributed by atoms with Gasteiger partial charge in [-0.2, -0.15) is 0 Å². The van der Waals surface area contributed by atoms with Gasteiger partial charge in [0.25, 0.3) is 0 Å². The zero-order valence-electron chi connectivity index (χ0n) is 8.28. The van der Waals surface area contributed by atoms with Crippen LogP contribution in [-0.4, -0.2) is 0 Å². The predicted molar refractivity (Wildman–Crippen MR) is 59.4 cm³/mol. The maximum absolute atomic E-state index is 2.31. The van der Waals surface area contributed by atoms with Crippen LogP contribution in [0.2, 0.25) is 0 Å². The highest BCUT2D eigenvalue weighted by molar-refractivity contribution is 5.01. The van der Waals surface area contributed by atoms with E-state index in [1.165, 1.54) is 32.1 Å². The van der Waals surface area contributed by atoms with Crippen molar-refractivity contribution in [2.24, 2.45) is 0 Å². The molecule has 0 unspecified atom stereocenters. The lowest BCUT2D eigenvalue weighted by Crippen LogP contribution is -1.69. The van der Waals surface area contributed by atoms with Crippen LogP contribution in [0.15, 0.2) is 36.5 Å². The number of allylic oxidation sites excluding steroid dienone is 6. The van der Waals surface area contributed by atoms with E-state index in [0.29, 0.717) is 0 Å². The molecular weight excluding hydrogens is 156 g/mol. The van der Waals surface area contributed by atoms with Crippen LogP contribution < -0.4 is 0 Å². The molecule has 0 spiro atoms. The van der Waals surface area contributed by atoms with E-state index >= 15 is 0 Å². The summed E-state index contributed by atoms with van der Waals surface area (Å²) in [6, 6.07) is 0. The summed E-state index contributed by atoms with van der Waals surface area (Å²) in [5, 5.41) is 0. The molecule has 0 aromatic carbocycles. The van der Waals surface area contributed by atoms with Crippen molar-refractivity contribution in [2.75, 3.05) is 0 Å². The molecule has 0 heterocycles. The minimum Gasteiger partial charge on any atom is -0.0885 e. The third-order valence-corrected chi connectivity index (χ3v) is 2.12. The molecule has 0 aromatic heterocycles. The molecule has 0 aliphatic heterocycles. The normalized spacial score (nSPS) is 27.7. The van der Waals surface area contributed by atoms with Gasteiger partial charge in [0.2, 0.25) is 0 Å². The first-order valence-corrected chi connectivity index (χ1v) is 5.28. The summed E-state index contributed by atoms with van der Waals surface area (Å²) in [6.45, 7) is 0. The number of hydrogen-bond donors (Lipinski definition) is 0. The molecule has 0 nitrogen and oxygen atoms in total. The number of hydrogen-bond acceptors (Lipinski definition) is 0. The maximum Gasteiger partial charge on any atom is -0.0133 e. The molecule has 0 atom stereocenters. The van der Waals surface area contributed by atoms with Gasteiger partial charge in [0, 0.05) is 0 Å². The molecule has 0 bridgehead atoms. The zero-order chi connectivity index (χ0) is 9.19. The van der Waals surface area contributed by atoms with E-state index < -0.39 is 0 Å². The van der Waals surface area contributed by atoms with E-state index in [2.05, 4.69) is 42.9 Å². The Balaban J connectivity index is 2.27. The van der Waals surface area contributed by atoms with Gasteiger partial charge in [-0.25, -0.2) is 0 Å². The first-order chi connectivity index (χ1) is 6.50. The molecular formula is C13H19. The van der Waals surface area contributed by atoms with Gasteiger partial charge in [-0.1, -0.05) is 36.5 Å². The molecule has 1 rings (SSSR count). The third kappa shape index (κ3) is 6.39. The lowest BCUT2D eigenvalue weighted by atomic mass is 10.2. The molecule has 0 amide bonds. The fraction of sp³-hybridized carbons (Fsp3) is 0.462. The molecule has 0 N–H and O–H groups in total. The van der Waals surface area contributed by atoms with E-state index in [1.807, 2.05) is 0 Å². The quantitative estimate of drug-likeness (QED) is 0.484. The Kier molecular flexibility index (Phi) is 6.22. The summed E-state index contributed by atoms with van der Waals surface area (Å²) < 4.78 is 0. The van der Waals surface area contributed by atoms with Crippen LogP contribution in [0.5, 0.6) is 0 Å². The van der Waals surface area contributed by atoms with Crippen molar-refractivity contribution < 1.29 is 0 Å². The van der Waals surface area contributed by atoms with Crippen LogP contribution in [0.1, 0.15) is 38.5 Å². The Morgan fingerprint density at radius 3 is 2.23 bits per heavy atom. The molecule has 71 valence electrons. The summed E-state index contributed by atoms with van der Waals surface area (Å²) in [7, 11) is 0. The van der Waals surface area contributed by atoms with Crippen LogP contribution in [-0.2, 0) is 0 Å². The second-order valence-corrected chi connectivity index (χ2v) is 3.35. The molecule has 0 heteroatoms. The molecule has 0 fully saturated rings. The van der Waals surface area contributed by atoms with Gasteiger partial charge in [-0.3, -0.25) is 0 Å². The highest BCUT2D eigenvalue weighted by atomic mass is 13.9. The molecule has 13 heavy (non-hydrogen) atoms. The SMILES string of the molecule is [CH]1/C=C/CC/C=C\CCC/C=C/C1. The van der Waals surface area contributed by atoms with Crippen molar-refractivity contribution in [1.82, 2.24) is 0 Å². The van der Waals surface area contributed by atoms with Crippen LogP contribution in [0, 0.1) is 6.42 Å². The van der Waals surface area contributed by atoms with E-state index in [9.17, 15) is 0 Å². The fourth-order valence-electron chi connectivity index (χ4n) is 1.35. The van der Waals surface area contributed by atoms with Crippen molar-refractivity contribution in [1.29, 1.82) is 0 Å². The highest BCUT2D eigenvalue weighted by Gasteiger charge is 1.84. The van der Waals surface area contributed by atoms with Crippen molar-refractivity contribution in [2.45, 2.75) is 38.5 Å². The largest absolute Gasteiger partial charge is 0.0885 e. The van der Waals surface area contributed by atoms with Crippen molar-refractivity contribution >= 4 is 0 Å².